The molecule has 142 valence electrons. The Hall–Kier alpha value is -3.23. The highest BCUT2D eigenvalue weighted by atomic mass is 16.5. The van der Waals surface area contributed by atoms with Gasteiger partial charge in [-0.25, -0.2) is 0 Å². The van der Waals surface area contributed by atoms with E-state index in [4.69, 9.17) is 10.5 Å². The fraction of sp³-hybridized carbons (Fsp3) is 0.389. The first-order valence-electron chi connectivity index (χ1n) is 8.79. The molecule has 1 aliphatic rings. The monoisotopic (exact) mass is 370 g/mol. The molecule has 1 aromatic heterocycles. The summed E-state index contributed by atoms with van der Waals surface area (Å²) in [6.45, 7) is 2.18. The Bertz CT molecular complexity index is 824. The minimum Gasteiger partial charge on any atom is -0.467 e. The van der Waals surface area contributed by atoms with Crippen molar-refractivity contribution in [1.82, 2.24) is 19.9 Å². The highest BCUT2D eigenvalue weighted by molar-refractivity contribution is 5.93. The third-order valence-electron chi connectivity index (χ3n) is 4.28. The van der Waals surface area contributed by atoms with Crippen LogP contribution in [0.4, 0.5) is 5.95 Å². The van der Waals surface area contributed by atoms with Crippen LogP contribution in [0.3, 0.4) is 0 Å². The summed E-state index contributed by atoms with van der Waals surface area (Å²) in [7, 11) is 1.48. The molecule has 1 saturated heterocycles. The summed E-state index contributed by atoms with van der Waals surface area (Å²) in [5, 5.41) is 3.14. The van der Waals surface area contributed by atoms with Crippen LogP contribution in [0, 0.1) is 0 Å². The van der Waals surface area contributed by atoms with Crippen LogP contribution in [-0.2, 0) is 4.79 Å². The fourth-order valence-corrected chi connectivity index (χ4v) is 2.85. The zero-order valence-electron chi connectivity index (χ0n) is 15.1. The van der Waals surface area contributed by atoms with Gasteiger partial charge in [0.15, 0.2) is 5.82 Å². The number of carbonyl (C=O) groups excluding carboxylic acids is 2. The number of primary amides is 1. The lowest BCUT2D eigenvalue weighted by Gasteiger charge is -2.15. The molecule has 0 unspecified atom stereocenters. The third kappa shape index (κ3) is 4.69. The van der Waals surface area contributed by atoms with Gasteiger partial charge in [0, 0.05) is 37.2 Å². The molecule has 2 amide bonds. The molecule has 0 bridgehead atoms. The van der Waals surface area contributed by atoms with E-state index >= 15 is 0 Å². The Morgan fingerprint density at radius 3 is 2.67 bits per heavy atom. The number of methoxy groups -OCH3 is 1. The lowest BCUT2D eigenvalue weighted by Crippen LogP contribution is -2.27. The van der Waals surface area contributed by atoms with E-state index in [1.54, 1.807) is 24.3 Å². The van der Waals surface area contributed by atoms with Crippen molar-refractivity contribution in [1.29, 1.82) is 0 Å². The van der Waals surface area contributed by atoms with Crippen LogP contribution in [0.1, 0.15) is 29.6 Å². The van der Waals surface area contributed by atoms with Crippen molar-refractivity contribution in [2.45, 2.75) is 19.3 Å². The summed E-state index contributed by atoms with van der Waals surface area (Å²) in [5.74, 6) is 0.547. The zero-order chi connectivity index (χ0) is 19.2. The summed E-state index contributed by atoms with van der Waals surface area (Å²) < 4.78 is 5.15. The maximum atomic E-state index is 11.6. The molecule has 2 aromatic rings. The second-order valence-electron chi connectivity index (χ2n) is 6.18. The fourth-order valence-electron chi connectivity index (χ4n) is 2.85. The summed E-state index contributed by atoms with van der Waals surface area (Å²) in [4.78, 5) is 37.5. The number of nitrogens with two attached hydrogens (primary N) is 1. The number of ether oxygens (including phenoxy) is 1. The summed E-state index contributed by atoms with van der Waals surface area (Å²) in [6.07, 6.45) is 2.38. The number of amides is 2. The molecule has 3 N–H and O–H groups in total. The Labute approximate surface area is 157 Å². The lowest BCUT2D eigenvalue weighted by atomic mass is 10.1. The van der Waals surface area contributed by atoms with Gasteiger partial charge < -0.3 is 20.7 Å². The van der Waals surface area contributed by atoms with E-state index in [0.29, 0.717) is 35.9 Å². The average Bonchev–Trinajstić information content (AvgIpc) is 3.10. The number of hydrogen-bond acceptors (Lipinski definition) is 7. The molecule has 0 aliphatic carbocycles. The SMILES string of the molecule is COc1nc(NCCCN2CCCC2=O)nc(-c2ccc(C(N)=O)cc2)n1. The molecule has 0 spiro atoms. The van der Waals surface area contributed by atoms with E-state index < -0.39 is 5.91 Å². The molecule has 1 aliphatic heterocycles. The van der Waals surface area contributed by atoms with Crippen LogP contribution in [0.15, 0.2) is 24.3 Å². The molecule has 27 heavy (non-hydrogen) atoms. The first kappa shape index (κ1) is 18.6. The van der Waals surface area contributed by atoms with Gasteiger partial charge in [0.1, 0.15) is 0 Å². The molecular weight excluding hydrogens is 348 g/mol. The molecule has 3 rings (SSSR count). The Kier molecular flexibility index (Phi) is 5.80. The highest BCUT2D eigenvalue weighted by Crippen LogP contribution is 2.19. The smallest absolute Gasteiger partial charge is 0.321 e. The number of anilines is 1. The van der Waals surface area contributed by atoms with Crippen LogP contribution in [-0.4, -0.2) is 58.4 Å². The molecular formula is C18H22N6O3. The molecule has 0 atom stereocenters. The van der Waals surface area contributed by atoms with E-state index in [1.807, 2.05) is 4.90 Å². The zero-order valence-corrected chi connectivity index (χ0v) is 15.1. The van der Waals surface area contributed by atoms with Crippen molar-refractivity contribution in [2.24, 2.45) is 5.73 Å². The van der Waals surface area contributed by atoms with Crippen molar-refractivity contribution in [3.05, 3.63) is 29.8 Å². The third-order valence-corrected chi connectivity index (χ3v) is 4.28. The van der Waals surface area contributed by atoms with Gasteiger partial charge in [0.25, 0.3) is 0 Å². The van der Waals surface area contributed by atoms with E-state index in [-0.39, 0.29) is 11.9 Å². The van der Waals surface area contributed by atoms with E-state index in [2.05, 4.69) is 20.3 Å². The van der Waals surface area contributed by atoms with Crippen molar-refractivity contribution in [3.8, 4) is 17.4 Å². The Morgan fingerprint density at radius 2 is 2.04 bits per heavy atom. The number of carbonyl (C=O) groups is 2. The van der Waals surface area contributed by atoms with Crippen molar-refractivity contribution < 1.29 is 14.3 Å². The minimum absolute atomic E-state index is 0.191. The first-order chi connectivity index (χ1) is 13.1. The molecule has 0 radical (unpaired) electrons. The molecule has 9 nitrogen and oxygen atoms in total. The van der Waals surface area contributed by atoms with Gasteiger partial charge in [0.05, 0.1) is 7.11 Å². The van der Waals surface area contributed by atoms with Gasteiger partial charge >= 0.3 is 6.01 Å². The lowest BCUT2D eigenvalue weighted by molar-refractivity contribution is -0.127. The van der Waals surface area contributed by atoms with Crippen LogP contribution < -0.4 is 15.8 Å². The number of nitrogens with zero attached hydrogens (tertiary/aromatic N) is 4. The van der Waals surface area contributed by atoms with Crippen LogP contribution in [0.2, 0.25) is 0 Å². The molecule has 2 heterocycles. The average molecular weight is 370 g/mol. The van der Waals surface area contributed by atoms with Crippen molar-refractivity contribution in [2.75, 3.05) is 32.1 Å². The number of benzene rings is 1. The number of hydrogen-bond donors (Lipinski definition) is 2. The Balaban J connectivity index is 1.65. The van der Waals surface area contributed by atoms with Crippen LogP contribution >= 0.6 is 0 Å². The standard InChI is InChI=1S/C18H22N6O3/c1-27-18-22-16(13-7-5-12(6-8-13)15(19)26)21-17(23-18)20-9-3-11-24-10-2-4-14(24)25/h5-8H,2-4,9-11H2,1H3,(H2,19,26)(H,20,21,22,23). The van der Waals surface area contributed by atoms with Gasteiger partial charge in [-0.2, -0.15) is 15.0 Å². The number of aromatic nitrogens is 3. The number of rotatable bonds is 8. The first-order valence-corrected chi connectivity index (χ1v) is 8.79. The Morgan fingerprint density at radius 1 is 1.26 bits per heavy atom. The molecule has 1 aromatic carbocycles. The number of likely N-dealkylation sites (tertiary alicyclic amines) is 1. The van der Waals surface area contributed by atoms with Gasteiger partial charge in [0.2, 0.25) is 17.8 Å². The summed E-state index contributed by atoms with van der Waals surface area (Å²) in [6, 6.07) is 6.87. The van der Waals surface area contributed by atoms with Crippen molar-refractivity contribution >= 4 is 17.8 Å². The minimum atomic E-state index is -0.492. The topological polar surface area (TPSA) is 123 Å². The highest BCUT2D eigenvalue weighted by Gasteiger charge is 2.19. The second-order valence-corrected chi connectivity index (χ2v) is 6.18. The largest absolute Gasteiger partial charge is 0.467 e. The van der Waals surface area contributed by atoms with Gasteiger partial charge in [-0.3, -0.25) is 9.59 Å². The number of nitrogens with one attached hydrogen (secondary N) is 1. The second kappa shape index (κ2) is 8.43. The summed E-state index contributed by atoms with van der Waals surface area (Å²) >= 11 is 0. The summed E-state index contributed by atoms with van der Waals surface area (Å²) in [5.41, 5.74) is 6.39. The van der Waals surface area contributed by atoms with Crippen molar-refractivity contribution in [3.63, 3.8) is 0 Å². The predicted octanol–water partition coefficient (Wildman–Crippen LogP) is 1.07. The van der Waals surface area contributed by atoms with Gasteiger partial charge in [-0.15, -0.1) is 0 Å². The molecule has 9 heteroatoms. The molecule has 1 fully saturated rings. The van der Waals surface area contributed by atoms with Gasteiger partial charge in [-0.1, -0.05) is 12.1 Å². The maximum absolute atomic E-state index is 11.6. The van der Waals surface area contributed by atoms with Crippen LogP contribution in [0.5, 0.6) is 6.01 Å². The van der Waals surface area contributed by atoms with E-state index in [1.165, 1.54) is 7.11 Å². The maximum Gasteiger partial charge on any atom is 0.321 e. The molecule has 0 saturated carbocycles. The predicted molar refractivity (Wildman–Crippen MR) is 99.3 cm³/mol. The van der Waals surface area contributed by atoms with Crippen LogP contribution in [0.25, 0.3) is 11.4 Å². The van der Waals surface area contributed by atoms with Gasteiger partial charge in [-0.05, 0) is 25.0 Å². The normalized spacial score (nSPS) is 13.7. The quantitative estimate of drug-likeness (QED) is 0.666. The van der Waals surface area contributed by atoms with E-state index in [0.717, 1.165) is 25.9 Å². The van der Waals surface area contributed by atoms with E-state index in [9.17, 15) is 9.59 Å².